The summed E-state index contributed by atoms with van der Waals surface area (Å²) in [6, 6.07) is 15.3. The number of halogens is 1. The number of hydrogen-bond donors (Lipinski definition) is 2. The highest BCUT2D eigenvalue weighted by molar-refractivity contribution is 5.89. The molecule has 2 aromatic rings. The summed E-state index contributed by atoms with van der Waals surface area (Å²) in [5.41, 5.74) is 0.746. The van der Waals surface area contributed by atoms with Crippen molar-refractivity contribution in [2.75, 3.05) is 25.0 Å². The smallest absolute Gasteiger partial charge is 0.319 e. The third-order valence-corrected chi connectivity index (χ3v) is 4.84. The van der Waals surface area contributed by atoms with Gasteiger partial charge in [0, 0.05) is 31.2 Å². The van der Waals surface area contributed by atoms with E-state index < -0.39 is 5.82 Å². The molecule has 0 atom stereocenters. The molecule has 2 N–H and O–H groups in total. The molecular formula is C22H26FN3O3. The number of benzene rings is 2. The van der Waals surface area contributed by atoms with Crippen LogP contribution in [0.4, 0.5) is 14.9 Å². The topological polar surface area (TPSA) is 70.7 Å². The van der Waals surface area contributed by atoms with E-state index in [0.717, 1.165) is 18.5 Å². The van der Waals surface area contributed by atoms with E-state index in [1.54, 1.807) is 18.2 Å². The van der Waals surface area contributed by atoms with Crippen molar-refractivity contribution in [2.24, 2.45) is 0 Å². The van der Waals surface area contributed by atoms with Crippen LogP contribution in [0.25, 0.3) is 0 Å². The predicted octanol–water partition coefficient (Wildman–Crippen LogP) is 3.80. The number of rotatable bonds is 7. The first kappa shape index (κ1) is 20.6. The summed E-state index contributed by atoms with van der Waals surface area (Å²) >= 11 is 0. The van der Waals surface area contributed by atoms with Crippen LogP contribution in [0.2, 0.25) is 0 Å². The highest BCUT2D eigenvalue weighted by Crippen LogP contribution is 2.16. The SMILES string of the molecule is O=C(Nc1ccccc1)NC1CCN(C(=O)CCCOc2ccccc2F)CC1. The maximum absolute atomic E-state index is 13.5. The van der Waals surface area contributed by atoms with Crippen LogP contribution in [0, 0.1) is 5.82 Å². The number of piperidine rings is 1. The van der Waals surface area contributed by atoms with E-state index in [9.17, 15) is 14.0 Å². The number of hydrogen-bond acceptors (Lipinski definition) is 3. The number of para-hydroxylation sites is 2. The van der Waals surface area contributed by atoms with E-state index in [2.05, 4.69) is 10.6 Å². The number of carbonyl (C=O) groups is 2. The summed E-state index contributed by atoms with van der Waals surface area (Å²) in [6.45, 7) is 1.52. The lowest BCUT2D eigenvalue weighted by atomic mass is 10.0. The lowest BCUT2D eigenvalue weighted by molar-refractivity contribution is -0.132. The average molecular weight is 399 g/mol. The van der Waals surface area contributed by atoms with Gasteiger partial charge in [-0.3, -0.25) is 4.79 Å². The van der Waals surface area contributed by atoms with Gasteiger partial charge in [-0.05, 0) is 43.5 Å². The van der Waals surface area contributed by atoms with E-state index in [0.29, 0.717) is 32.5 Å². The molecule has 7 heteroatoms. The van der Waals surface area contributed by atoms with Crippen molar-refractivity contribution in [3.05, 3.63) is 60.4 Å². The molecule has 154 valence electrons. The summed E-state index contributed by atoms with van der Waals surface area (Å²) in [5.74, 6) is -0.125. The molecule has 1 aliphatic heterocycles. The number of amides is 3. The second kappa shape index (κ2) is 10.5. The van der Waals surface area contributed by atoms with Crippen LogP contribution in [-0.2, 0) is 4.79 Å². The Labute approximate surface area is 170 Å². The molecule has 1 saturated heterocycles. The predicted molar refractivity (Wildman–Crippen MR) is 109 cm³/mol. The van der Waals surface area contributed by atoms with E-state index in [1.807, 2.05) is 35.2 Å². The Bertz CT molecular complexity index is 808. The quantitative estimate of drug-likeness (QED) is 0.696. The zero-order valence-corrected chi connectivity index (χ0v) is 16.3. The van der Waals surface area contributed by atoms with Crippen molar-refractivity contribution in [2.45, 2.75) is 31.7 Å². The Balaban J connectivity index is 1.32. The van der Waals surface area contributed by atoms with E-state index in [1.165, 1.54) is 6.07 Å². The number of nitrogens with zero attached hydrogens (tertiary/aromatic N) is 1. The Kier molecular flexibility index (Phi) is 7.44. The fraction of sp³-hybridized carbons (Fsp3) is 0.364. The van der Waals surface area contributed by atoms with Crippen LogP contribution in [0.15, 0.2) is 54.6 Å². The summed E-state index contributed by atoms with van der Waals surface area (Å²) in [7, 11) is 0. The van der Waals surface area contributed by atoms with Gasteiger partial charge in [0.2, 0.25) is 5.91 Å². The molecule has 0 aliphatic carbocycles. The van der Waals surface area contributed by atoms with Gasteiger partial charge < -0.3 is 20.3 Å². The molecule has 0 spiro atoms. The maximum Gasteiger partial charge on any atom is 0.319 e. The monoisotopic (exact) mass is 399 g/mol. The van der Waals surface area contributed by atoms with Gasteiger partial charge in [-0.15, -0.1) is 0 Å². The highest BCUT2D eigenvalue weighted by Gasteiger charge is 2.23. The molecule has 3 rings (SSSR count). The minimum atomic E-state index is -0.398. The van der Waals surface area contributed by atoms with Crippen molar-refractivity contribution < 1.29 is 18.7 Å². The zero-order chi connectivity index (χ0) is 20.5. The zero-order valence-electron chi connectivity index (χ0n) is 16.3. The van der Waals surface area contributed by atoms with Crippen molar-refractivity contribution in [3.8, 4) is 5.75 Å². The van der Waals surface area contributed by atoms with Gasteiger partial charge in [0.25, 0.3) is 0 Å². The van der Waals surface area contributed by atoms with E-state index in [-0.39, 0.29) is 23.7 Å². The number of anilines is 1. The van der Waals surface area contributed by atoms with Gasteiger partial charge in [0.15, 0.2) is 11.6 Å². The lowest BCUT2D eigenvalue weighted by Gasteiger charge is -2.32. The molecule has 0 radical (unpaired) electrons. The molecule has 0 aromatic heterocycles. The van der Waals surface area contributed by atoms with Crippen LogP contribution < -0.4 is 15.4 Å². The molecule has 1 aliphatic rings. The number of carbonyl (C=O) groups excluding carboxylic acids is 2. The number of ether oxygens (including phenoxy) is 1. The molecule has 1 heterocycles. The summed E-state index contributed by atoms with van der Waals surface area (Å²) in [4.78, 5) is 26.2. The Hall–Kier alpha value is -3.09. The fourth-order valence-corrected chi connectivity index (χ4v) is 3.27. The Morgan fingerprint density at radius 3 is 2.45 bits per heavy atom. The largest absolute Gasteiger partial charge is 0.491 e. The van der Waals surface area contributed by atoms with Gasteiger partial charge in [0.1, 0.15) is 0 Å². The molecule has 2 aromatic carbocycles. The van der Waals surface area contributed by atoms with E-state index in [4.69, 9.17) is 4.74 Å². The Morgan fingerprint density at radius 2 is 1.72 bits per heavy atom. The number of nitrogens with one attached hydrogen (secondary N) is 2. The molecular weight excluding hydrogens is 373 g/mol. The summed E-state index contributed by atoms with van der Waals surface area (Å²) in [6.07, 6.45) is 2.34. The molecule has 0 unspecified atom stereocenters. The molecule has 1 fully saturated rings. The van der Waals surface area contributed by atoms with Gasteiger partial charge in [-0.25, -0.2) is 9.18 Å². The molecule has 0 bridgehead atoms. The number of urea groups is 1. The van der Waals surface area contributed by atoms with Crippen molar-refractivity contribution >= 4 is 17.6 Å². The van der Waals surface area contributed by atoms with Crippen LogP contribution >= 0.6 is 0 Å². The fourth-order valence-electron chi connectivity index (χ4n) is 3.27. The van der Waals surface area contributed by atoms with Crippen LogP contribution in [-0.4, -0.2) is 42.6 Å². The third kappa shape index (κ3) is 6.48. The van der Waals surface area contributed by atoms with Crippen molar-refractivity contribution in [1.82, 2.24) is 10.2 Å². The van der Waals surface area contributed by atoms with E-state index >= 15 is 0 Å². The lowest BCUT2D eigenvalue weighted by Crippen LogP contribution is -2.47. The normalized spacial score (nSPS) is 14.3. The van der Waals surface area contributed by atoms with Crippen molar-refractivity contribution in [3.63, 3.8) is 0 Å². The standard InChI is InChI=1S/C22H26FN3O3/c23-19-9-4-5-10-20(19)29-16-6-11-21(27)26-14-12-18(13-15-26)25-22(28)24-17-7-2-1-3-8-17/h1-5,7-10,18H,6,11-16H2,(H2,24,25,28). The summed E-state index contributed by atoms with van der Waals surface area (Å²) in [5, 5.41) is 5.76. The van der Waals surface area contributed by atoms with Crippen LogP contribution in [0.3, 0.4) is 0 Å². The molecule has 3 amide bonds. The minimum Gasteiger partial charge on any atom is -0.491 e. The first-order valence-corrected chi connectivity index (χ1v) is 9.89. The molecule has 0 saturated carbocycles. The van der Waals surface area contributed by atoms with Gasteiger partial charge in [-0.1, -0.05) is 30.3 Å². The summed E-state index contributed by atoms with van der Waals surface area (Å²) < 4.78 is 18.9. The van der Waals surface area contributed by atoms with Crippen LogP contribution in [0.1, 0.15) is 25.7 Å². The molecule has 6 nitrogen and oxygen atoms in total. The first-order chi connectivity index (χ1) is 14.1. The average Bonchev–Trinajstić information content (AvgIpc) is 2.73. The highest BCUT2D eigenvalue weighted by atomic mass is 19.1. The minimum absolute atomic E-state index is 0.0483. The number of likely N-dealkylation sites (tertiary alicyclic amines) is 1. The van der Waals surface area contributed by atoms with Gasteiger partial charge in [0.05, 0.1) is 6.61 Å². The van der Waals surface area contributed by atoms with Crippen LogP contribution in [0.5, 0.6) is 5.75 Å². The van der Waals surface area contributed by atoms with Crippen molar-refractivity contribution in [1.29, 1.82) is 0 Å². The van der Waals surface area contributed by atoms with Gasteiger partial charge >= 0.3 is 6.03 Å². The Morgan fingerprint density at radius 1 is 1.03 bits per heavy atom. The molecule has 29 heavy (non-hydrogen) atoms. The second-order valence-electron chi connectivity index (χ2n) is 7.00. The van der Waals surface area contributed by atoms with Gasteiger partial charge in [-0.2, -0.15) is 0 Å². The first-order valence-electron chi connectivity index (χ1n) is 9.89. The second-order valence-corrected chi connectivity index (χ2v) is 7.00. The maximum atomic E-state index is 13.5. The third-order valence-electron chi connectivity index (χ3n) is 4.84.